The molecule has 0 aromatic rings. The Morgan fingerprint density at radius 3 is 2.82 bits per heavy atom. The van der Waals surface area contributed by atoms with E-state index in [2.05, 4.69) is 39.2 Å². The maximum Gasteiger partial charge on any atom is 0.156 e. The molecule has 1 rings (SSSR count). The molecule has 1 heterocycles. The van der Waals surface area contributed by atoms with E-state index < -0.39 is 0 Å². The van der Waals surface area contributed by atoms with Crippen LogP contribution in [0.2, 0.25) is 0 Å². The van der Waals surface area contributed by atoms with Gasteiger partial charge in [-0.15, -0.1) is 0 Å². The second kappa shape index (κ2) is 8.64. The quantitative estimate of drug-likeness (QED) is 0.545. The molecule has 11 heavy (non-hydrogen) atoms. The van der Waals surface area contributed by atoms with Crippen molar-refractivity contribution in [2.75, 3.05) is 24.3 Å². The molecule has 0 unspecified atom stereocenters. The van der Waals surface area contributed by atoms with E-state index in [1.165, 1.54) is 12.8 Å². The maximum absolute atomic E-state index is 4.31. The number of thioether (sulfide) groups is 1. The van der Waals surface area contributed by atoms with Crippen LogP contribution in [0.1, 0.15) is 12.8 Å². The van der Waals surface area contributed by atoms with Crippen LogP contribution in [-0.4, -0.2) is 29.4 Å². The molecular formula is C7H15IN2S. The molecule has 0 radical (unpaired) electrons. The number of amidine groups is 1. The van der Waals surface area contributed by atoms with Gasteiger partial charge in [0.25, 0.3) is 0 Å². The van der Waals surface area contributed by atoms with Crippen LogP contribution in [0, 0.1) is 0 Å². The zero-order chi connectivity index (χ0) is 8.53. The molecule has 0 spiro atoms. The van der Waals surface area contributed by atoms with Crippen molar-refractivity contribution in [3.8, 4) is 0 Å². The van der Waals surface area contributed by atoms with Crippen LogP contribution < -0.4 is 5.32 Å². The Balaban J connectivity index is 0.000000461. The van der Waals surface area contributed by atoms with E-state index in [-0.39, 0.29) is 0 Å². The van der Waals surface area contributed by atoms with Crippen LogP contribution in [-0.2, 0) is 0 Å². The molecule has 0 amide bonds. The first-order chi connectivity index (χ1) is 5.43. The minimum absolute atomic E-state index is 1.00. The molecule has 0 saturated carbocycles. The Kier molecular flexibility index (Phi) is 9.08. The summed E-state index contributed by atoms with van der Waals surface area (Å²) in [6, 6.07) is 0. The minimum Gasteiger partial charge on any atom is -0.365 e. The smallest absolute Gasteiger partial charge is 0.156 e. The third-order valence-electron chi connectivity index (χ3n) is 1.31. The summed E-state index contributed by atoms with van der Waals surface area (Å²) in [4.78, 5) is 6.28. The molecule has 0 aromatic carbocycles. The number of hydrogen-bond donors (Lipinski definition) is 1. The summed E-state index contributed by atoms with van der Waals surface area (Å²) in [6.07, 6.45) is 4.54. The number of aliphatic imine (C=N–C) groups is 1. The van der Waals surface area contributed by atoms with Crippen LogP contribution in [0.5, 0.6) is 0 Å². The van der Waals surface area contributed by atoms with Gasteiger partial charge in [-0.3, -0.25) is 4.99 Å². The van der Waals surface area contributed by atoms with Crippen molar-refractivity contribution >= 4 is 39.5 Å². The van der Waals surface area contributed by atoms with Crippen LogP contribution in [0.3, 0.4) is 0 Å². The Morgan fingerprint density at radius 2 is 2.18 bits per heavy atom. The Hall–Kier alpha value is 0.550. The highest BCUT2D eigenvalue weighted by molar-refractivity contribution is 14.1. The Bertz CT molecular complexity index is 117. The van der Waals surface area contributed by atoms with Crippen molar-refractivity contribution in [1.29, 1.82) is 0 Å². The summed E-state index contributed by atoms with van der Waals surface area (Å²) in [7, 11) is 0. The first kappa shape index (κ1) is 11.6. The van der Waals surface area contributed by atoms with E-state index in [9.17, 15) is 0 Å². The fraction of sp³-hybridized carbons (Fsp3) is 0.857. The average molecular weight is 286 g/mol. The number of rotatable bonds is 0. The molecule has 1 aliphatic rings. The third-order valence-corrected chi connectivity index (χ3v) is 1.97. The molecule has 0 fully saturated rings. The molecule has 4 heteroatoms. The fourth-order valence-electron chi connectivity index (χ4n) is 0.805. The normalized spacial score (nSPS) is 16.8. The number of hydrogen-bond acceptors (Lipinski definition) is 3. The van der Waals surface area contributed by atoms with Gasteiger partial charge in [0.2, 0.25) is 0 Å². The lowest BCUT2D eigenvalue weighted by Crippen LogP contribution is -2.19. The lowest BCUT2D eigenvalue weighted by molar-refractivity contribution is 0.750. The molecule has 0 atom stereocenters. The van der Waals surface area contributed by atoms with Crippen molar-refractivity contribution in [3.05, 3.63) is 0 Å². The van der Waals surface area contributed by atoms with Gasteiger partial charge in [0.05, 0.1) is 0 Å². The standard InChI is InChI=1S/C6H12N2S.CH3I/c1-9-6-7-4-2-3-5-8-6;1-2/h2-5H2,1H3,(H,7,8);1H3. The molecular weight excluding hydrogens is 271 g/mol. The van der Waals surface area contributed by atoms with Crippen molar-refractivity contribution in [2.24, 2.45) is 4.99 Å². The molecule has 1 aliphatic heterocycles. The van der Waals surface area contributed by atoms with E-state index >= 15 is 0 Å². The lowest BCUT2D eigenvalue weighted by atomic mass is 10.3. The van der Waals surface area contributed by atoms with Crippen LogP contribution in [0.15, 0.2) is 4.99 Å². The molecule has 0 saturated heterocycles. The van der Waals surface area contributed by atoms with Crippen molar-refractivity contribution in [1.82, 2.24) is 5.32 Å². The number of alkyl halides is 1. The number of nitrogens with one attached hydrogen (secondary N) is 1. The van der Waals surface area contributed by atoms with Crippen molar-refractivity contribution in [2.45, 2.75) is 12.8 Å². The topological polar surface area (TPSA) is 24.4 Å². The third kappa shape index (κ3) is 5.78. The predicted octanol–water partition coefficient (Wildman–Crippen LogP) is 2.14. The zero-order valence-corrected chi connectivity index (χ0v) is 10.0. The van der Waals surface area contributed by atoms with Gasteiger partial charge in [0.1, 0.15) is 0 Å². The van der Waals surface area contributed by atoms with Crippen LogP contribution in [0.4, 0.5) is 0 Å². The number of nitrogens with zero attached hydrogens (tertiary/aromatic N) is 1. The van der Waals surface area contributed by atoms with Gasteiger partial charge in [-0.2, -0.15) is 0 Å². The molecule has 0 aliphatic carbocycles. The summed E-state index contributed by atoms with van der Waals surface area (Å²) in [5, 5.41) is 4.35. The second-order valence-corrected chi connectivity index (χ2v) is 2.82. The maximum atomic E-state index is 4.31. The SMILES string of the molecule is CI.CSC1=NCCCCN1. The highest BCUT2D eigenvalue weighted by Gasteiger charge is 1.98. The van der Waals surface area contributed by atoms with E-state index in [0.717, 1.165) is 18.3 Å². The van der Waals surface area contributed by atoms with Gasteiger partial charge in [-0.1, -0.05) is 34.4 Å². The van der Waals surface area contributed by atoms with Crippen LogP contribution >= 0.6 is 34.4 Å². The van der Waals surface area contributed by atoms with Gasteiger partial charge in [0, 0.05) is 13.1 Å². The van der Waals surface area contributed by atoms with Gasteiger partial charge in [-0.05, 0) is 24.0 Å². The largest absolute Gasteiger partial charge is 0.365 e. The van der Waals surface area contributed by atoms with E-state index in [1.54, 1.807) is 11.8 Å². The molecule has 0 bridgehead atoms. The van der Waals surface area contributed by atoms with Gasteiger partial charge in [-0.25, -0.2) is 0 Å². The van der Waals surface area contributed by atoms with Crippen LogP contribution in [0.25, 0.3) is 0 Å². The van der Waals surface area contributed by atoms with Gasteiger partial charge in [0.15, 0.2) is 5.17 Å². The summed E-state index contributed by atoms with van der Waals surface area (Å²) in [5.41, 5.74) is 0. The Morgan fingerprint density at radius 1 is 1.45 bits per heavy atom. The second-order valence-electron chi connectivity index (χ2n) is 2.02. The first-order valence-corrected chi connectivity index (χ1v) is 7.02. The monoisotopic (exact) mass is 286 g/mol. The lowest BCUT2D eigenvalue weighted by Gasteiger charge is -2.00. The summed E-state index contributed by atoms with van der Waals surface area (Å²) < 4.78 is 0. The minimum atomic E-state index is 1.00. The molecule has 1 N–H and O–H groups in total. The van der Waals surface area contributed by atoms with E-state index in [0.29, 0.717) is 0 Å². The van der Waals surface area contributed by atoms with Crippen molar-refractivity contribution in [3.63, 3.8) is 0 Å². The summed E-state index contributed by atoms with van der Waals surface area (Å²) in [5.74, 6) is 0. The molecule has 0 aromatic heterocycles. The van der Waals surface area contributed by atoms with E-state index in [4.69, 9.17) is 0 Å². The van der Waals surface area contributed by atoms with Gasteiger partial charge < -0.3 is 5.32 Å². The molecule has 66 valence electrons. The summed E-state index contributed by atoms with van der Waals surface area (Å²) >= 11 is 3.85. The van der Waals surface area contributed by atoms with E-state index in [1.807, 2.05) is 4.93 Å². The average Bonchev–Trinajstić information content (AvgIpc) is 2.35. The highest BCUT2D eigenvalue weighted by atomic mass is 127. The van der Waals surface area contributed by atoms with Gasteiger partial charge >= 0.3 is 0 Å². The Labute approximate surface area is 86.8 Å². The number of halogens is 1. The first-order valence-electron chi connectivity index (χ1n) is 3.63. The summed E-state index contributed by atoms with van der Waals surface area (Å²) in [6.45, 7) is 2.10. The highest BCUT2D eigenvalue weighted by Crippen LogP contribution is 2.00. The predicted molar refractivity (Wildman–Crippen MR) is 63.0 cm³/mol. The fourth-order valence-corrected chi connectivity index (χ4v) is 1.27. The molecule has 2 nitrogen and oxygen atoms in total. The van der Waals surface area contributed by atoms with Crippen molar-refractivity contribution < 1.29 is 0 Å². The zero-order valence-electron chi connectivity index (χ0n) is 7.06.